The first-order valence-corrected chi connectivity index (χ1v) is 11.3. The van der Waals surface area contributed by atoms with E-state index in [0.717, 1.165) is 19.4 Å². The topological polar surface area (TPSA) is 76.9 Å². The van der Waals surface area contributed by atoms with E-state index in [-0.39, 0.29) is 10.8 Å². The molecular formula is C18H16N4O2S3. The summed E-state index contributed by atoms with van der Waals surface area (Å²) in [5.41, 5.74) is 0.989. The Morgan fingerprint density at radius 1 is 1.04 bits per heavy atom. The lowest BCUT2D eigenvalue weighted by Crippen LogP contribution is -2.18. The van der Waals surface area contributed by atoms with Crippen molar-refractivity contribution in [2.24, 2.45) is 0 Å². The minimum absolute atomic E-state index is 0.176. The van der Waals surface area contributed by atoms with Crippen LogP contribution < -0.4 is 5.32 Å². The van der Waals surface area contributed by atoms with Gasteiger partial charge in [-0.3, -0.25) is 0 Å². The van der Waals surface area contributed by atoms with Crippen molar-refractivity contribution in [3.05, 3.63) is 69.7 Å². The van der Waals surface area contributed by atoms with E-state index >= 15 is 0 Å². The fraction of sp³-hybridized carbons (Fsp3) is 0.111. The first kappa shape index (κ1) is 17.9. The molecule has 0 aliphatic heterocycles. The molecule has 0 unspecified atom stereocenters. The van der Waals surface area contributed by atoms with Crippen LogP contribution in [-0.4, -0.2) is 22.6 Å². The number of thiophene rings is 2. The molecule has 0 spiro atoms. The van der Waals surface area contributed by atoms with Gasteiger partial charge in [0.25, 0.3) is 10.0 Å². The molecule has 27 heavy (non-hydrogen) atoms. The molecule has 0 bridgehead atoms. The SMILES string of the molecule is Cc1ccc(S(=O)(=O)n2nc(-c3cccs3)nc2NCc2cccs2)cc1. The predicted octanol–water partition coefficient (Wildman–Crippen LogP) is 4.23. The highest BCUT2D eigenvalue weighted by Gasteiger charge is 2.24. The first-order valence-electron chi connectivity index (χ1n) is 8.13. The first-order chi connectivity index (χ1) is 13.0. The Morgan fingerprint density at radius 3 is 2.44 bits per heavy atom. The number of nitrogens with zero attached hydrogens (tertiary/aromatic N) is 3. The van der Waals surface area contributed by atoms with Gasteiger partial charge in [-0.2, -0.15) is 13.4 Å². The maximum Gasteiger partial charge on any atom is 0.286 e. The van der Waals surface area contributed by atoms with Gasteiger partial charge in [-0.25, -0.2) is 0 Å². The van der Waals surface area contributed by atoms with E-state index < -0.39 is 10.0 Å². The van der Waals surface area contributed by atoms with Crippen molar-refractivity contribution < 1.29 is 8.42 Å². The zero-order valence-corrected chi connectivity index (χ0v) is 16.8. The van der Waals surface area contributed by atoms with Gasteiger partial charge in [0.2, 0.25) is 5.95 Å². The second-order valence-corrected chi connectivity index (χ2v) is 9.58. The second kappa shape index (κ2) is 7.26. The molecule has 1 N–H and O–H groups in total. The van der Waals surface area contributed by atoms with E-state index in [9.17, 15) is 8.42 Å². The van der Waals surface area contributed by atoms with Gasteiger partial charge in [0.05, 0.1) is 16.3 Å². The molecule has 0 atom stereocenters. The number of hydrogen-bond donors (Lipinski definition) is 1. The maximum atomic E-state index is 13.1. The van der Waals surface area contributed by atoms with Crippen molar-refractivity contribution in [1.82, 2.24) is 14.2 Å². The van der Waals surface area contributed by atoms with Gasteiger partial charge in [-0.1, -0.05) is 29.8 Å². The Hall–Kier alpha value is -2.49. The molecule has 0 amide bonds. The molecule has 4 aromatic rings. The lowest BCUT2D eigenvalue weighted by molar-refractivity contribution is 0.581. The smallest absolute Gasteiger partial charge is 0.286 e. The van der Waals surface area contributed by atoms with Crippen LogP contribution in [-0.2, 0) is 16.6 Å². The molecule has 0 radical (unpaired) electrons. The summed E-state index contributed by atoms with van der Waals surface area (Å²) in [4.78, 5) is 6.50. The Kier molecular flexibility index (Phi) is 4.81. The predicted molar refractivity (Wildman–Crippen MR) is 109 cm³/mol. The minimum Gasteiger partial charge on any atom is -0.349 e. The summed E-state index contributed by atoms with van der Waals surface area (Å²) in [6.45, 7) is 2.39. The molecule has 0 aliphatic rings. The van der Waals surface area contributed by atoms with Crippen LogP contribution in [0.25, 0.3) is 10.7 Å². The van der Waals surface area contributed by atoms with Crippen LogP contribution in [0.3, 0.4) is 0 Å². The van der Waals surface area contributed by atoms with Gasteiger partial charge >= 0.3 is 0 Å². The summed E-state index contributed by atoms with van der Waals surface area (Å²) >= 11 is 3.05. The van der Waals surface area contributed by atoms with Crippen LogP contribution in [0, 0.1) is 6.92 Å². The summed E-state index contributed by atoms with van der Waals surface area (Å²) in [6.07, 6.45) is 0. The lowest BCUT2D eigenvalue weighted by Gasteiger charge is -2.08. The minimum atomic E-state index is -3.86. The molecule has 6 nitrogen and oxygen atoms in total. The molecule has 3 aromatic heterocycles. The van der Waals surface area contributed by atoms with E-state index in [1.165, 1.54) is 11.3 Å². The van der Waals surface area contributed by atoms with Crippen LogP contribution in [0.1, 0.15) is 10.4 Å². The summed E-state index contributed by atoms with van der Waals surface area (Å²) < 4.78 is 27.3. The van der Waals surface area contributed by atoms with Gasteiger partial charge in [0, 0.05) is 4.88 Å². The van der Waals surface area contributed by atoms with Gasteiger partial charge in [-0.15, -0.1) is 31.9 Å². The molecule has 1 aromatic carbocycles. The number of nitrogens with one attached hydrogen (secondary N) is 1. The van der Waals surface area contributed by atoms with Crippen molar-refractivity contribution in [2.45, 2.75) is 18.4 Å². The Bertz CT molecular complexity index is 1130. The second-order valence-electron chi connectivity index (χ2n) is 5.83. The van der Waals surface area contributed by atoms with E-state index in [1.807, 2.05) is 41.9 Å². The highest BCUT2D eigenvalue weighted by Crippen LogP contribution is 2.26. The van der Waals surface area contributed by atoms with Crippen molar-refractivity contribution in [1.29, 1.82) is 0 Å². The van der Waals surface area contributed by atoms with Gasteiger partial charge in [-0.05, 0) is 41.9 Å². The number of aryl methyl sites for hydroxylation is 1. The molecule has 4 rings (SSSR count). The maximum absolute atomic E-state index is 13.1. The Labute approximate surface area is 165 Å². The highest BCUT2D eigenvalue weighted by molar-refractivity contribution is 7.90. The van der Waals surface area contributed by atoms with Crippen molar-refractivity contribution in [3.8, 4) is 10.7 Å². The summed E-state index contributed by atoms with van der Waals surface area (Å²) in [7, 11) is -3.86. The zero-order valence-electron chi connectivity index (χ0n) is 14.4. The standard InChI is InChI=1S/C18H16N4O2S3/c1-13-6-8-15(9-7-13)27(23,24)22-18(19-12-14-4-2-10-25-14)20-17(21-22)16-5-3-11-26-16/h2-11H,12H2,1H3,(H,19,20,21). The fourth-order valence-electron chi connectivity index (χ4n) is 2.47. The van der Waals surface area contributed by atoms with E-state index in [2.05, 4.69) is 15.4 Å². The quantitative estimate of drug-likeness (QED) is 0.509. The fourth-order valence-corrected chi connectivity index (χ4v) is 4.97. The average Bonchev–Trinajstić information content (AvgIpc) is 3.40. The summed E-state index contributed by atoms with van der Waals surface area (Å²) in [5.74, 6) is 0.585. The normalized spacial score (nSPS) is 11.6. The Balaban J connectivity index is 1.76. The van der Waals surface area contributed by atoms with Crippen LogP contribution in [0.2, 0.25) is 0 Å². The average molecular weight is 417 g/mol. The molecular weight excluding hydrogens is 400 g/mol. The monoisotopic (exact) mass is 416 g/mol. The summed E-state index contributed by atoms with van der Waals surface area (Å²) in [5, 5.41) is 11.3. The summed E-state index contributed by atoms with van der Waals surface area (Å²) in [6, 6.07) is 14.4. The molecule has 0 saturated carbocycles. The van der Waals surface area contributed by atoms with Crippen LogP contribution in [0.4, 0.5) is 5.95 Å². The molecule has 9 heteroatoms. The highest BCUT2D eigenvalue weighted by atomic mass is 32.2. The molecule has 0 aliphatic carbocycles. The lowest BCUT2D eigenvalue weighted by atomic mass is 10.2. The number of aromatic nitrogens is 3. The third-order valence-electron chi connectivity index (χ3n) is 3.87. The molecule has 0 saturated heterocycles. The van der Waals surface area contributed by atoms with E-state index in [1.54, 1.807) is 35.6 Å². The van der Waals surface area contributed by atoms with E-state index in [4.69, 9.17) is 0 Å². The number of rotatable bonds is 6. The van der Waals surface area contributed by atoms with Crippen molar-refractivity contribution in [2.75, 3.05) is 5.32 Å². The van der Waals surface area contributed by atoms with E-state index in [0.29, 0.717) is 12.4 Å². The van der Waals surface area contributed by atoms with Crippen molar-refractivity contribution in [3.63, 3.8) is 0 Å². The molecule has 0 fully saturated rings. The number of hydrogen-bond acceptors (Lipinski definition) is 7. The third-order valence-corrected chi connectivity index (χ3v) is 7.19. The zero-order chi connectivity index (χ0) is 18.9. The van der Waals surface area contributed by atoms with Crippen LogP contribution in [0.5, 0.6) is 0 Å². The number of anilines is 1. The van der Waals surface area contributed by atoms with Crippen LogP contribution >= 0.6 is 22.7 Å². The van der Waals surface area contributed by atoms with Gasteiger partial charge in [0.15, 0.2) is 5.82 Å². The van der Waals surface area contributed by atoms with Crippen molar-refractivity contribution >= 4 is 38.6 Å². The van der Waals surface area contributed by atoms with Crippen LogP contribution in [0.15, 0.2) is 64.2 Å². The largest absolute Gasteiger partial charge is 0.349 e. The molecule has 138 valence electrons. The Morgan fingerprint density at radius 2 is 1.78 bits per heavy atom. The van der Waals surface area contributed by atoms with Gasteiger partial charge < -0.3 is 5.32 Å². The molecule has 3 heterocycles. The van der Waals surface area contributed by atoms with Gasteiger partial charge in [0.1, 0.15) is 0 Å². The third kappa shape index (κ3) is 3.66. The number of benzene rings is 1.